The van der Waals surface area contributed by atoms with Gasteiger partial charge < -0.3 is 15.5 Å². The summed E-state index contributed by atoms with van der Waals surface area (Å²) in [6.07, 6.45) is 0. The number of nitrogens with two attached hydrogens (primary N) is 1. The molecular weight excluding hydrogens is 182 g/mol. The van der Waals surface area contributed by atoms with E-state index in [-0.39, 0.29) is 23.6 Å². The van der Waals surface area contributed by atoms with Gasteiger partial charge in [-0.05, 0) is 13.8 Å². The zero-order valence-electron chi connectivity index (χ0n) is 8.05. The first-order valence-electron chi connectivity index (χ1n) is 4.17. The molecule has 0 radical (unpaired) electrons. The molecule has 5 nitrogen and oxygen atoms in total. The Morgan fingerprint density at radius 2 is 2.36 bits per heavy atom. The fourth-order valence-corrected chi connectivity index (χ4v) is 1.20. The van der Waals surface area contributed by atoms with Crippen LogP contribution in [0.1, 0.15) is 28.7 Å². The Balaban J connectivity index is 3.15. The molecule has 14 heavy (non-hydrogen) atoms. The minimum Gasteiger partial charge on any atom is -0.462 e. The number of esters is 1. The SMILES string of the molecule is CCOC(=O)c1c(C)[nH]c(C#N)c1N. The summed E-state index contributed by atoms with van der Waals surface area (Å²) in [5, 5.41) is 8.65. The quantitative estimate of drug-likeness (QED) is 0.684. The zero-order chi connectivity index (χ0) is 10.7. The number of aromatic amines is 1. The number of nitrogens with zero attached hydrogens (tertiary/aromatic N) is 1. The van der Waals surface area contributed by atoms with Crippen LogP contribution in [-0.4, -0.2) is 17.6 Å². The summed E-state index contributed by atoms with van der Waals surface area (Å²) in [6, 6.07) is 1.87. The number of carbonyl (C=O) groups excluding carboxylic acids is 1. The van der Waals surface area contributed by atoms with Crippen molar-refractivity contribution in [3.05, 3.63) is 17.0 Å². The van der Waals surface area contributed by atoms with E-state index in [1.165, 1.54) is 0 Å². The first-order chi connectivity index (χ1) is 6.61. The van der Waals surface area contributed by atoms with Gasteiger partial charge in [0.1, 0.15) is 17.3 Å². The molecule has 0 bridgehead atoms. The first-order valence-corrected chi connectivity index (χ1v) is 4.17. The highest BCUT2D eigenvalue weighted by Gasteiger charge is 2.19. The fraction of sp³-hybridized carbons (Fsp3) is 0.333. The van der Waals surface area contributed by atoms with E-state index in [0.717, 1.165) is 0 Å². The van der Waals surface area contributed by atoms with Gasteiger partial charge in [-0.1, -0.05) is 0 Å². The monoisotopic (exact) mass is 193 g/mol. The minimum atomic E-state index is -0.500. The summed E-state index contributed by atoms with van der Waals surface area (Å²) >= 11 is 0. The average Bonchev–Trinajstić information content (AvgIpc) is 2.41. The number of nitriles is 1. The molecule has 0 aliphatic carbocycles. The molecule has 0 atom stereocenters. The van der Waals surface area contributed by atoms with Gasteiger partial charge in [-0.2, -0.15) is 5.26 Å². The Morgan fingerprint density at radius 3 is 2.79 bits per heavy atom. The molecule has 0 saturated heterocycles. The minimum absolute atomic E-state index is 0.156. The number of carbonyl (C=O) groups is 1. The second-order valence-corrected chi connectivity index (χ2v) is 2.75. The van der Waals surface area contributed by atoms with E-state index in [0.29, 0.717) is 5.69 Å². The van der Waals surface area contributed by atoms with Crippen molar-refractivity contribution in [2.75, 3.05) is 12.3 Å². The maximum atomic E-state index is 11.4. The van der Waals surface area contributed by atoms with E-state index in [2.05, 4.69) is 4.98 Å². The Kier molecular flexibility index (Phi) is 2.77. The Morgan fingerprint density at radius 1 is 1.71 bits per heavy atom. The molecule has 0 aliphatic rings. The molecule has 74 valence electrons. The number of nitrogens with one attached hydrogen (secondary N) is 1. The lowest BCUT2D eigenvalue weighted by Crippen LogP contribution is -2.07. The van der Waals surface area contributed by atoms with Crippen molar-refractivity contribution in [1.29, 1.82) is 5.26 Å². The predicted molar refractivity (Wildman–Crippen MR) is 50.6 cm³/mol. The molecule has 3 N–H and O–H groups in total. The van der Waals surface area contributed by atoms with Crippen LogP contribution in [0.3, 0.4) is 0 Å². The standard InChI is InChI=1S/C9H11N3O2/c1-3-14-9(13)7-5(2)12-6(4-10)8(7)11/h12H,3,11H2,1-2H3. The number of aromatic nitrogens is 1. The van der Waals surface area contributed by atoms with Gasteiger partial charge in [-0.25, -0.2) is 4.79 Å². The van der Waals surface area contributed by atoms with E-state index in [1.807, 2.05) is 6.07 Å². The van der Waals surface area contributed by atoms with Crippen LogP contribution in [0.25, 0.3) is 0 Å². The molecule has 0 spiro atoms. The zero-order valence-corrected chi connectivity index (χ0v) is 8.05. The lowest BCUT2D eigenvalue weighted by atomic mass is 10.2. The molecule has 0 aliphatic heterocycles. The summed E-state index contributed by atoms with van der Waals surface area (Å²) in [4.78, 5) is 14.1. The van der Waals surface area contributed by atoms with Crippen LogP contribution in [0.15, 0.2) is 0 Å². The second-order valence-electron chi connectivity index (χ2n) is 2.75. The number of nitrogen functional groups attached to an aromatic ring is 1. The lowest BCUT2D eigenvalue weighted by Gasteiger charge is -2.01. The maximum Gasteiger partial charge on any atom is 0.342 e. The number of ether oxygens (including phenoxy) is 1. The first kappa shape index (κ1) is 10.1. The van der Waals surface area contributed by atoms with Gasteiger partial charge in [0.05, 0.1) is 12.3 Å². The van der Waals surface area contributed by atoms with Crippen molar-refractivity contribution in [1.82, 2.24) is 4.98 Å². The largest absolute Gasteiger partial charge is 0.462 e. The second kappa shape index (κ2) is 3.83. The van der Waals surface area contributed by atoms with Crippen molar-refractivity contribution in [2.24, 2.45) is 0 Å². The molecule has 1 heterocycles. The fourth-order valence-electron chi connectivity index (χ4n) is 1.20. The summed E-state index contributed by atoms with van der Waals surface area (Å²) < 4.78 is 4.80. The third-order valence-electron chi connectivity index (χ3n) is 1.82. The Hall–Kier alpha value is -1.96. The van der Waals surface area contributed by atoms with Gasteiger partial charge in [-0.15, -0.1) is 0 Å². The van der Waals surface area contributed by atoms with E-state index in [9.17, 15) is 4.79 Å². The van der Waals surface area contributed by atoms with Crippen molar-refractivity contribution in [2.45, 2.75) is 13.8 Å². The van der Waals surface area contributed by atoms with E-state index in [4.69, 9.17) is 15.7 Å². The number of rotatable bonds is 2. The van der Waals surface area contributed by atoms with Crippen molar-refractivity contribution < 1.29 is 9.53 Å². The summed E-state index contributed by atoms with van der Waals surface area (Å²) in [6.45, 7) is 3.66. The van der Waals surface area contributed by atoms with Gasteiger partial charge in [0.15, 0.2) is 0 Å². The molecule has 0 unspecified atom stereocenters. The number of H-pyrrole nitrogens is 1. The highest BCUT2D eigenvalue weighted by Crippen LogP contribution is 2.21. The highest BCUT2D eigenvalue weighted by atomic mass is 16.5. The number of hydrogen-bond donors (Lipinski definition) is 2. The van der Waals surface area contributed by atoms with Crippen LogP contribution in [0.2, 0.25) is 0 Å². The van der Waals surface area contributed by atoms with Gasteiger partial charge in [-0.3, -0.25) is 0 Å². The maximum absolute atomic E-state index is 11.4. The molecular formula is C9H11N3O2. The molecule has 1 rings (SSSR count). The summed E-state index contributed by atoms with van der Waals surface area (Å²) in [5.41, 5.74) is 6.75. The van der Waals surface area contributed by atoms with E-state index in [1.54, 1.807) is 13.8 Å². The molecule has 0 saturated carbocycles. The summed E-state index contributed by atoms with van der Waals surface area (Å²) in [7, 11) is 0. The highest BCUT2D eigenvalue weighted by molar-refractivity contribution is 5.97. The lowest BCUT2D eigenvalue weighted by molar-refractivity contribution is 0.0527. The van der Waals surface area contributed by atoms with Gasteiger partial charge in [0.2, 0.25) is 0 Å². The van der Waals surface area contributed by atoms with Crippen LogP contribution >= 0.6 is 0 Å². The van der Waals surface area contributed by atoms with Crippen LogP contribution in [0.4, 0.5) is 5.69 Å². The van der Waals surface area contributed by atoms with Crippen molar-refractivity contribution in [3.8, 4) is 6.07 Å². The molecule has 1 aromatic heterocycles. The van der Waals surface area contributed by atoms with Crippen molar-refractivity contribution in [3.63, 3.8) is 0 Å². The smallest absolute Gasteiger partial charge is 0.342 e. The topological polar surface area (TPSA) is 91.9 Å². The van der Waals surface area contributed by atoms with Crippen LogP contribution in [0.5, 0.6) is 0 Å². The predicted octanol–water partition coefficient (Wildman–Crippen LogP) is 0.954. The van der Waals surface area contributed by atoms with Crippen LogP contribution < -0.4 is 5.73 Å². The third-order valence-corrected chi connectivity index (χ3v) is 1.82. The van der Waals surface area contributed by atoms with Crippen LogP contribution in [-0.2, 0) is 4.74 Å². The Labute approximate surface area is 81.5 Å². The summed E-state index contributed by atoms with van der Waals surface area (Å²) in [5.74, 6) is -0.500. The Bertz CT molecular complexity index is 401. The normalized spacial score (nSPS) is 9.50. The molecule has 5 heteroatoms. The van der Waals surface area contributed by atoms with Crippen LogP contribution in [0, 0.1) is 18.3 Å². The van der Waals surface area contributed by atoms with Gasteiger partial charge in [0, 0.05) is 5.69 Å². The number of aryl methyl sites for hydroxylation is 1. The number of hydrogen-bond acceptors (Lipinski definition) is 4. The van der Waals surface area contributed by atoms with E-state index < -0.39 is 5.97 Å². The third kappa shape index (κ3) is 1.55. The molecule has 0 fully saturated rings. The average molecular weight is 193 g/mol. The molecule has 1 aromatic rings. The van der Waals surface area contributed by atoms with Gasteiger partial charge in [0.25, 0.3) is 0 Å². The van der Waals surface area contributed by atoms with Gasteiger partial charge >= 0.3 is 5.97 Å². The molecule has 0 amide bonds. The van der Waals surface area contributed by atoms with E-state index >= 15 is 0 Å². The van der Waals surface area contributed by atoms with Crippen molar-refractivity contribution >= 4 is 11.7 Å². The number of anilines is 1. The molecule has 0 aromatic carbocycles.